The maximum absolute atomic E-state index is 13.1. The summed E-state index contributed by atoms with van der Waals surface area (Å²) in [6.45, 7) is 0. The van der Waals surface area contributed by atoms with Crippen LogP contribution in [0.1, 0.15) is 15.9 Å². The molecule has 2 aromatic carbocycles. The van der Waals surface area contributed by atoms with Crippen LogP contribution in [0.4, 0.5) is 22.0 Å². The molecule has 0 unspecified atom stereocenters. The van der Waals surface area contributed by atoms with Crippen molar-refractivity contribution in [1.29, 1.82) is 0 Å². The van der Waals surface area contributed by atoms with E-state index in [-0.39, 0.29) is 17.6 Å². The van der Waals surface area contributed by atoms with Gasteiger partial charge in [0.25, 0.3) is 0 Å². The van der Waals surface area contributed by atoms with E-state index in [1.807, 2.05) is 0 Å². The lowest BCUT2D eigenvalue weighted by molar-refractivity contribution is -0.138. The Morgan fingerprint density at radius 1 is 1.00 bits per heavy atom. The molecule has 0 aliphatic carbocycles. The van der Waals surface area contributed by atoms with Gasteiger partial charge in [-0.3, -0.25) is 4.79 Å². The van der Waals surface area contributed by atoms with Crippen LogP contribution in [0.25, 0.3) is 0 Å². The van der Waals surface area contributed by atoms with E-state index in [0.717, 1.165) is 24.3 Å². The first-order valence-corrected chi connectivity index (χ1v) is 5.61. The molecule has 0 aromatic heterocycles. The van der Waals surface area contributed by atoms with Crippen LogP contribution in [-0.4, -0.2) is 6.29 Å². The fourth-order valence-electron chi connectivity index (χ4n) is 1.64. The second-order valence-corrected chi connectivity index (χ2v) is 4.02. The van der Waals surface area contributed by atoms with Gasteiger partial charge in [-0.05, 0) is 24.3 Å². The third-order valence-electron chi connectivity index (χ3n) is 2.59. The zero-order chi connectivity index (χ0) is 15.6. The Morgan fingerprint density at radius 3 is 2.29 bits per heavy atom. The van der Waals surface area contributed by atoms with Crippen molar-refractivity contribution in [2.75, 3.05) is 0 Å². The average molecular weight is 302 g/mol. The largest absolute Gasteiger partial charge is 0.456 e. The van der Waals surface area contributed by atoms with Crippen LogP contribution < -0.4 is 4.74 Å². The summed E-state index contributed by atoms with van der Waals surface area (Å²) in [5.74, 6) is -3.55. The number of aldehydes is 1. The SMILES string of the molecule is O=Cc1cccc(C(F)(F)F)c1Oc1ccc(F)c(F)c1. The molecule has 2 rings (SSSR count). The molecular weight excluding hydrogens is 295 g/mol. The number of rotatable bonds is 3. The first-order valence-electron chi connectivity index (χ1n) is 5.61. The molecule has 2 nitrogen and oxygen atoms in total. The molecule has 0 N–H and O–H groups in total. The normalized spacial score (nSPS) is 11.3. The lowest BCUT2D eigenvalue weighted by Crippen LogP contribution is -2.08. The molecule has 0 spiro atoms. The van der Waals surface area contributed by atoms with Gasteiger partial charge in [-0.15, -0.1) is 0 Å². The highest BCUT2D eigenvalue weighted by Gasteiger charge is 2.35. The summed E-state index contributed by atoms with van der Waals surface area (Å²) in [6, 6.07) is 5.16. The molecule has 0 aliphatic rings. The van der Waals surface area contributed by atoms with Gasteiger partial charge < -0.3 is 4.74 Å². The van der Waals surface area contributed by atoms with Gasteiger partial charge in [-0.25, -0.2) is 8.78 Å². The molecule has 110 valence electrons. The number of ether oxygens (including phenoxy) is 1. The Kier molecular flexibility index (Phi) is 3.93. The van der Waals surface area contributed by atoms with E-state index >= 15 is 0 Å². The number of para-hydroxylation sites is 1. The Bertz CT molecular complexity index is 680. The predicted molar refractivity (Wildman–Crippen MR) is 63.3 cm³/mol. The lowest BCUT2D eigenvalue weighted by atomic mass is 10.1. The average Bonchev–Trinajstić information content (AvgIpc) is 2.42. The van der Waals surface area contributed by atoms with E-state index in [2.05, 4.69) is 0 Å². The highest BCUT2D eigenvalue weighted by Crippen LogP contribution is 2.39. The predicted octanol–water partition coefficient (Wildman–Crippen LogP) is 4.59. The van der Waals surface area contributed by atoms with Crippen molar-refractivity contribution in [1.82, 2.24) is 0 Å². The standard InChI is InChI=1S/C14H7F5O2/c15-11-5-4-9(6-12(11)16)21-13-8(7-20)2-1-3-10(13)14(17,18)19/h1-7H. The molecule has 0 fully saturated rings. The molecule has 0 heterocycles. The molecule has 0 atom stereocenters. The summed E-state index contributed by atoms with van der Waals surface area (Å²) in [5.41, 5.74) is -1.54. The van der Waals surface area contributed by atoms with E-state index in [1.54, 1.807) is 0 Å². The third kappa shape index (κ3) is 3.18. The number of alkyl halides is 3. The minimum Gasteiger partial charge on any atom is -0.456 e. The van der Waals surface area contributed by atoms with Crippen molar-refractivity contribution >= 4 is 6.29 Å². The summed E-state index contributed by atoms with van der Waals surface area (Å²) >= 11 is 0. The van der Waals surface area contributed by atoms with Gasteiger partial charge >= 0.3 is 6.18 Å². The number of halogens is 5. The van der Waals surface area contributed by atoms with Crippen molar-refractivity contribution in [2.24, 2.45) is 0 Å². The molecule has 0 saturated heterocycles. The Morgan fingerprint density at radius 2 is 1.71 bits per heavy atom. The fraction of sp³-hybridized carbons (Fsp3) is 0.0714. The van der Waals surface area contributed by atoms with Gasteiger partial charge in [0.15, 0.2) is 17.9 Å². The quantitative estimate of drug-likeness (QED) is 0.612. The number of hydrogen-bond donors (Lipinski definition) is 0. The van der Waals surface area contributed by atoms with E-state index in [1.165, 1.54) is 0 Å². The van der Waals surface area contributed by atoms with E-state index < -0.39 is 29.1 Å². The Balaban J connectivity index is 2.51. The van der Waals surface area contributed by atoms with Gasteiger partial charge in [-0.1, -0.05) is 6.07 Å². The summed E-state index contributed by atoms with van der Waals surface area (Å²) in [4.78, 5) is 10.8. The maximum Gasteiger partial charge on any atom is 0.420 e. The lowest BCUT2D eigenvalue weighted by Gasteiger charge is -2.15. The molecule has 21 heavy (non-hydrogen) atoms. The van der Waals surface area contributed by atoms with Crippen LogP contribution in [0.3, 0.4) is 0 Å². The van der Waals surface area contributed by atoms with Crippen LogP contribution in [0, 0.1) is 11.6 Å². The smallest absolute Gasteiger partial charge is 0.420 e. The van der Waals surface area contributed by atoms with Crippen LogP contribution in [0.5, 0.6) is 11.5 Å². The minimum absolute atomic E-state index is 0.185. The number of carbonyl (C=O) groups excluding carboxylic acids is 1. The summed E-state index contributed by atoms with van der Waals surface area (Å²) in [6.07, 6.45) is -4.57. The van der Waals surface area contributed by atoms with Crippen molar-refractivity contribution in [3.05, 3.63) is 59.2 Å². The van der Waals surface area contributed by atoms with E-state index in [9.17, 15) is 26.7 Å². The summed E-state index contributed by atoms with van der Waals surface area (Å²) in [5, 5.41) is 0. The van der Waals surface area contributed by atoms with Crippen LogP contribution in [0.15, 0.2) is 36.4 Å². The molecule has 0 bridgehead atoms. The van der Waals surface area contributed by atoms with Crippen molar-refractivity contribution < 1.29 is 31.5 Å². The molecule has 0 aliphatic heterocycles. The van der Waals surface area contributed by atoms with Crippen molar-refractivity contribution in [3.63, 3.8) is 0 Å². The summed E-state index contributed by atoms with van der Waals surface area (Å²) in [7, 11) is 0. The maximum atomic E-state index is 13.1. The number of benzene rings is 2. The van der Waals surface area contributed by atoms with Gasteiger partial charge in [0.1, 0.15) is 11.5 Å². The van der Waals surface area contributed by atoms with Gasteiger partial charge in [0.05, 0.1) is 11.1 Å². The number of carbonyl (C=O) groups is 1. The highest BCUT2D eigenvalue weighted by molar-refractivity contribution is 5.80. The first-order chi connectivity index (χ1) is 9.82. The Hall–Kier alpha value is -2.44. The van der Waals surface area contributed by atoms with E-state index in [4.69, 9.17) is 4.74 Å². The minimum atomic E-state index is -4.76. The van der Waals surface area contributed by atoms with Crippen molar-refractivity contribution in [2.45, 2.75) is 6.18 Å². The second-order valence-electron chi connectivity index (χ2n) is 4.02. The topological polar surface area (TPSA) is 26.3 Å². The van der Waals surface area contributed by atoms with Gasteiger partial charge in [-0.2, -0.15) is 13.2 Å². The molecule has 0 radical (unpaired) electrons. The van der Waals surface area contributed by atoms with Crippen LogP contribution in [-0.2, 0) is 6.18 Å². The second kappa shape index (κ2) is 5.51. The van der Waals surface area contributed by atoms with Gasteiger partial charge in [0, 0.05) is 6.07 Å². The number of hydrogen-bond acceptors (Lipinski definition) is 2. The van der Waals surface area contributed by atoms with E-state index in [0.29, 0.717) is 12.1 Å². The molecular formula is C14H7F5O2. The van der Waals surface area contributed by atoms with Crippen LogP contribution in [0.2, 0.25) is 0 Å². The third-order valence-corrected chi connectivity index (χ3v) is 2.59. The zero-order valence-electron chi connectivity index (χ0n) is 10.2. The fourth-order valence-corrected chi connectivity index (χ4v) is 1.64. The summed E-state index contributed by atoms with van der Waals surface area (Å²) < 4.78 is 69.4. The van der Waals surface area contributed by atoms with Crippen molar-refractivity contribution in [3.8, 4) is 11.5 Å². The Labute approximate surface area is 115 Å². The molecule has 0 amide bonds. The van der Waals surface area contributed by atoms with Crippen LogP contribution >= 0.6 is 0 Å². The first kappa shape index (κ1) is 15.0. The highest BCUT2D eigenvalue weighted by atomic mass is 19.4. The zero-order valence-corrected chi connectivity index (χ0v) is 10.2. The van der Waals surface area contributed by atoms with Gasteiger partial charge in [0.2, 0.25) is 0 Å². The monoisotopic (exact) mass is 302 g/mol. The molecule has 0 saturated carbocycles. The molecule has 7 heteroatoms. The molecule has 2 aromatic rings.